The summed E-state index contributed by atoms with van der Waals surface area (Å²) in [4.78, 5) is 0. The molecule has 0 bridgehead atoms. The lowest BCUT2D eigenvalue weighted by Gasteiger charge is -2.05. The highest BCUT2D eigenvalue weighted by Gasteiger charge is 2.25. The van der Waals surface area contributed by atoms with Crippen LogP contribution in [-0.4, -0.2) is 31.5 Å². The molecule has 0 saturated carbocycles. The Bertz CT molecular complexity index is 261. The lowest BCUT2D eigenvalue weighted by molar-refractivity contribution is 0.233. The first-order chi connectivity index (χ1) is 6.36. The molecule has 0 radical (unpaired) electrons. The summed E-state index contributed by atoms with van der Waals surface area (Å²) in [7, 11) is -0.828. The van der Waals surface area contributed by atoms with Gasteiger partial charge in [-0.05, 0) is 5.46 Å². The second kappa shape index (κ2) is 3.92. The molecule has 13 heavy (non-hydrogen) atoms. The van der Waals surface area contributed by atoms with Crippen LogP contribution >= 0.6 is 0 Å². The Morgan fingerprint density at radius 1 is 1.46 bits per heavy atom. The smallest absolute Gasteiger partial charge is 0.423 e. The van der Waals surface area contributed by atoms with E-state index in [1.165, 1.54) is 0 Å². The molecule has 1 aromatic carbocycles. The molecule has 1 fully saturated rings. The first kappa shape index (κ1) is 8.75. The van der Waals surface area contributed by atoms with Crippen LogP contribution in [-0.2, 0) is 9.39 Å². The van der Waals surface area contributed by atoms with Crippen molar-refractivity contribution in [2.75, 3.05) is 13.2 Å². The molecule has 1 aromatic rings. The largest absolute Gasteiger partial charge is 0.491 e. The molecule has 2 rings (SSSR count). The summed E-state index contributed by atoms with van der Waals surface area (Å²) in [5.41, 5.74) is 0.781. The van der Waals surface area contributed by atoms with Crippen molar-refractivity contribution in [3.63, 3.8) is 0 Å². The predicted molar refractivity (Wildman–Crippen MR) is 49.7 cm³/mol. The fraction of sp³-hybridized carbons (Fsp3) is 0.333. The van der Waals surface area contributed by atoms with Gasteiger partial charge in [0.1, 0.15) is 6.10 Å². The van der Waals surface area contributed by atoms with Crippen LogP contribution in [0.1, 0.15) is 0 Å². The zero-order valence-electron chi connectivity index (χ0n) is 7.22. The SMILES string of the molecule is OB(OCC1CO1)c1ccccc1. The van der Waals surface area contributed by atoms with Gasteiger partial charge in [0.15, 0.2) is 0 Å². The van der Waals surface area contributed by atoms with Crippen molar-refractivity contribution in [1.29, 1.82) is 0 Å². The average Bonchev–Trinajstić information content (AvgIpc) is 2.99. The molecule has 1 unspecified atom stereocenters. The molecule has 0 spiro atoms. The first-order valence-electron chi connectivity index (χ1n) is 4.32. The summed E-state index contributed by atoms with van der Waals surface area (Å²) in [5.74, 6) is 0. The Labute approximate surface area is 77.4 Å². The number of ether oxygens (including phenoxy) is 1. The van der Waals surface area contributed by atoms with E-state index in [0.29, 0.717) is 6.61 Å². The van der Waals surface area contributed by atoms with E-state index in [0.717, 1.165) is 12.1 Å². The molecule has 1 atom stereocenters. The van der Waals surface area contributed by atoms with E-state index in [9.17, 15) is 5.02 Å². The number of epoxide rings is 1. The van der Waals surface area contributed by atoms with Crippen LogP contribution < -0.4 is 5.46 Å². The molecule has 68 valence electrons. The quantitative estimate of drug-likeness (QED) is 0.512. The van der Waals surface area contributed by atoms with Crippen molar-refractivity contribution in [2.45, 2.75) is 6.10 Å². The standard InChI is InChI=1S/C9H11BO3/c11-10(13-7-9-6-12-9)8-4-2-1-3-5-8/h1-5,9,11H,6-7H2. The van der Waals surface area contributed by atoms with E-state index in [1.807, 2.05) is 30.3 Å². The third-order valence-electron chi connectivity index (χ3n) is 1.93. The highest BCUT2D eigenvalue weighted by atomic mass is 16.6. The van der Waals surface area contributed by atoms with Gasteiger partial charge in [-0.2, -0.15) is 0 Å². The Morgan fingerprint density at radius 2 is 2.15 bits per heavy atom. The van der Waals surface area contributed by atoms with E-state index in [2.05, 4.69) is 0 Å². The number of hydrogen-bond acceptors (Lipinski definition) is 3. The molecule has 1 aliphatic rings. The van der Waals surface area contributed by atoms with Gasteiger partial charge in [-0.1, -0.05) is 30.3 Å². The Balaban J connectivity index is 1.85. The number of benzene rings is 1. The average molecular weight is 178 g/mol. The highest BCUT2D eigenvalue weighted by molar-refractivity contribution is 6.59. The summed E-state index contributed by atoms with van der Waals surface area (Å²) in [5, 5.41) is 9.52. The molecule has 3 nitrogen and oxygen atoms in total. The van der Waals surface area contributed by atoms with Crippen molar-refractivity contribution in [2.24, 2.45) is 0 Å². The van der Waals surface area contributed by atoms with Crippen molar-refractivity contribution < 1.29 is 14.4 Å². The van der Waals surface area contributed by atoms with Gasteiger partial charge in [0.25, 0.3) is 0 Å². The van der Waals surface area contributed by atoms with Gasteiger partial charge in [-0.15, -0.1) is 0 Å². The summed E-state index contributed by atoms with van der Waals surface area (Å²) in [6, 6.07) is 9.31. The van der Waals surface area contributed by atoms with Crippen LogP contribution in [0.4, 0.5) is 0 Å². The molecule has 1 saturated heterocycles. The molecule has 0 aliphatic carbocycles. The minimum absolute atomic E-state index is 0.193. The predicted octanol–water partition coefficient (Wildman–Crippen LogP) is -0.211. The fourth-order valence-corrected chi connectivity index (χ4v) is 1.08. The lowest BCUT2D eigenvalue weighted by Crippen LogP contribution is -2.34. The maximum Gasteiger partial charge on any atom is 0.491 e. The summed E-state index contributed by atoms with van der Waals surface area (Å²) in [6.07, 6.45) is 0.193. The van der Waals surface area contributed by atoms with Gasteiger partial charge >= 0.3 is 7.12 Å². The number of rotatable bonds is 4. The third kappa shape index (κ3) is 2.55. The van der Waals surface area contributed by atoms with Gasteiger partial charge < -0.3 is 14.4 Å². The lowest BCUT2D eigenvalue weighted by atomic mass is 9.80. The van der Waals surface area contributed by atoms with Gasteiger partial charge in [0.05, 0.1) is 13.2 Å². The molecular weight excluding hydrogens is 167 g/mol. The first-order valence-corrected chi connectivity index (χ1v) is 4.32. The molecule has 4 heteroatoms. The van der Waals surface area contributed by atoms with E-state index in [1.54, 1.807) is 0 Å². The third-order valence-corrected chi connectivity index (χ3v) is 1.93. The van der Waals surface area contributed by atoms with Gasteiger partial charge in [-0.3, -0.25) is 0 Å². The molecule has 1 heterocycles. The van der Waals surface area contributed by atoms with Crippen LogP contribution in [0.25, 0.3) is 0 Å². The maximum atomic E-state index is 9.52. The second-order valence-corrected chi connectivity index (χ2v) is 3.05. The molecule has 0 amide bonds. The monoisotopic (exact) mass is 178 g/mol. The zero-order valence-corrected chi connectivity index (χ0v) is 7.22. The van der Waals surface area contributed by atoms with Crippen molar-refractivity contribution >= 4 is 12.6 Å². The summed E-state index contributed by atoms with van der Waals surface area (Å²) < 4.78 is 10.1. The van der Waals surface area contributed by atoms with Crippen LogP contribution in [0.3, 0.4) is 0 Å². The van der Waals surface area contributed by atoms with E-state index in [4.69, 9.17) is 9.39 Å². The molecule has 0 aromatic heterocycles. The minimum atomic E-state index is -0.828. The topological polar surface area (TPSA) is 42.0 Å². The highest BCUT2D eigenvalue weighted by Crippen LogP contribution is 2.08. The molecular formula is C9H11BO3. The van der Waals surface area contributed by atoms with Gasteiger partial charge in [0.2, 0.25) is 0 Å². The Hall–Kier alpha value is -0.835. The maximum absolute atomic E-state index is 9.52. The molecule has 1 N–H and O–H groups in total. The van der Waals surface area contributed by atoms with Crippen LogP contribution in [0.15, 0.2) is 30.3 Å². The van der Waals surface area contributed by atoms with Crippen molar-refractivity contribution in [3.05, 3.63) is 30.3 Å². The zero-order chi connectivity index (χ0) is 9.10. The van der Waals surface area contributed by atoms with Gasteiger partial charge in [0, 0.05) is 0 Å². The normalized spacial score (nSPS) is 19.9. The summed E-state index contributed by atoms with van der Waals surface area (Å²) >= 11 is 0. The fourth-order valence-electron chi connectivity index (χ4n) is 1.08. The van der Waals surface area contributed by atoms with E-state index >= 15 is 0 Å². The Morgan fingerprint density at radius 3 is 2.77 bits per heavy atom. The summed E-state index contributed by atoms with van der Waals surface area (Å²) in [6.45, 7) is 1.22. The van der Waals surface area contributed by atoms with Crippen LogP contribution in [0.5, 0.6) is 0 Å². The molecule has 1 aliphatic heterocycles. The minimum Gasteiger partial charge on any atom is -0.423 e. The van der Waals surface area contributed by atoms with E-state index in [-0.39, 0.29) is 6.10 Å². The Kier molecular flexibility index (Phi) is 2.64. The van der Waals surface area contributed by atoms with Crippen molar-refractivity contribution in [3.8, 4) is 0 Å². The van der Waals surface area contributed by atoms with Gasteiger partial charge in [-0.25, -0.2) is 0 Å². The van der Waals surface area contributed by atoms with Crippen LogP contribution in [0, 0.1) is 0 Å². The second-order valence-electron chi connectivity index (χ2n) is 3.05. The number of hydrogen-bond donors (Lipinski definition) is 1. The van der Waals surface area contributed by atoms with Crippen molar-refractivity contribution in [1.82, 2.24) is 0 Å². The van der Waals surface area contributed by atoms with Crippen LogP contribution in [0.2, 0.25) is 0 Å². The van der Waals surface area contributed by atoms with E-state index < -0.39 is 7.12 Å².